The lowest BCUT2D eigenvalue weighted by Crippen LogP contribution is -2.40. The van der Waals surface area contributed by atoms with Crippen LogP contribution in [-0.4, -0.2) is 20.8 Å². The van der Waals surface area contributed by atoms with E-state index >= 15 is 0 Å². The molecule has 1 aromatic carbocycles. The van der Waals surface area contributed by atoms with Crippen molar-refractivity contribution in [2.75, 3.05) is 12.7 Å². The molecule has 2 nitrogen and oxygen atoms in total. The summed E-state index contributed by atoms with van der Waals surface area (Å²) in [6, 6.07) is 14.0. The highest BCUT2D eigenvalue weighted by molar-refractivity contribution is 6.77. The highest BCUT2D eigenvalue weighted by atomic mass is 28.3. The van der Waals surface area contributed by atoms with Gasteiger partial charge in [0.25, 0.3) is 0 Å². The summed E-state index contributed by atoms with van der Waals surface area (Å²) in [5.41, 5.74) is 1.42. The Labute approximate surface area is 99.3 Å². The predicted octanol–water partition coefficient (Wildman–Crippen LogP) is 2.59. The Kier molecular flexibility index (Phi) is 5.23. The first-order chi connectivity index (χ1) is 7.64. The van der Waals surface area contributed by atoms with E-state index in [9.17, 15) is 0 Å². The molecule has 0 aliphatic rings. The van der Waals surface area contributed by atoms with E-state index in [2.05, 4.69) is 54.8 Å². The number of benzene rings is 1. The van der Waals surface area contributed by atoms with Gasteiger partial charge < -0.3 is 5.32 Å². The van der Waals surface area contributed by atoms with Crippen LogP contribution in [0.2, 0.25) is 19.1 Å². The first kappa shape index (κ1) is 13.0. The quantitative estimate of drug-likeness (QED) is 0.465. The molecule has 0 unspecified atom stereocenters. The molecule has 0 spiro atoms. The van der Waals surface area contributed by atoms with Crippen molar-refractivity contribution in [1.29, 1.82) is 5.26 Å². The average molecular weight is 232 g/mol. The topological polar surface area (TPSA) is 35.8 Å². The second-order valence-corrected chi connectivity index (χ2v) is 10.1. The van der Waals surface area contributed by atoms with Gasteiger partial charge in [0.1, 0.15) is 0 Å². The summed E-state index contributed by atoms with van der Waals surface area (Å²) < 4.78 is 0. The molecule has 0 saturated heterocycles. The van der Waals surface area contributed by atoms with Gasteiger partial charge in [0, 0.05) is 0 Å². The average Bonchev–Trinajstić information content (AvgIpc) is 2.28. The maximum absolute atomic E-state index is 8.47. The lowest BCUT2D eigenvalue weighted by atomic mass is 10.2. The third kappa shape index (κ3) is 5.10. The van der Waals surface area contributed by atoms with Crippen LogP contribution in [0, 0.1) is 11.3 Å². The second-order valence-electron chi connectivity index (χ2n) is 4.91. The molecule has 0 aliphatic heterocycles. The van der Waals surface area contributed by atoms with Crippen LogP contribution in [0.5, 0.6) is 0 Å². The number of nitrogens with zero attached hydrogens (tertiary/aromatic N) is 1. The van der Waals surface area contributed by atoms with Gasteiger partial charge in [-0.2, -0.15) is 5.26 Å². The van der Waals surface area contributed by atoms with Crippen molar-refractivity contribution in [1.82, 2.24) is 5.32 Å². The molecule has 1 aromatic rings. The summed E-state index contributed by atoms with van der Waals surface area (Å²) in [6.45, 7) is 5.22. The minimum absolute atomic E-state index is 0.474. The zero-order chi connectivity index (χ0) is 11.9. The monoisotopic (exact) mass is 232 g/mol. The molecule has 1 N–H and O–H groups in total. The first-order valence-electron chi connectivity index (χ1n) is 5.76. The normalized spacial score (nSPS) is 11.1. The Morgan fingerprint density at radius 1 is 1.25 bits per heavy atom. The van der Waals surface area contributed by atoms with E-state index in [0.717, 1.165) is 12.6 Å². The molecule has 0 aliphatic carbocycles. The Morgan fingerprint density at radius 2 is 1.94 bits per heavy atom. The molecular weight excluding hydrogens is 212 g/mol. The van der Waals surface area contributed by atoms with Crippen LogP contribution in [0.4, 0.5) is 0 Å². The van der Waals surface area contributed by atoms with Crippen LogP contribution in [0.15, 0.2) is 30.3 Å². The highest BCUT2D eigenvalue weighted by Gasteiger charge is 2.19. The number of nitrogens with one attached hydrogen (secondary N) is 1. The van der Waals surface area contributed by atoms with Crippen molar-refractivity contribution in [3.63, 3.8) is 0 Å². The standard InChI is InChI=1S/C13H20N2Si/c1-16(2,12-15-10-9-14)11-8-13-6-4-3-5-7-13/h3-7,15H,8,10-12H2,1-2H3. The Morgan fingerprint density at radius 3 is 2.56 bits per heavy atom. The van der Waals surface area contributed by atoms with E-state index in [1.165, 1.54) is 11.6 Å². The minimum atomic E-state index is -1.19. The van der Waals surface area contributed by atoms with Gasteiger partial charge in [0.05, 0.1) is 20.7 Å². The molecule has 0 heterocycles. The molecular formula is C13H20N2Si. The summed E-state index contributed by atoms with van der Waals surface area (Å²) in [5, 5.41) is 11.7. The summed E-state index contributed by atoms with van der Waals surface area (Å²) in [6.07, 6.45) is 2.20. The zero-order valence-corrected chi connectivity index (χ0v) is 11.2. The van der Waals surface area contributed by atoms with E-state index in [1.807, 2.05) is 0 Å². The van der Waals surface area contributed by atoms with Crippen molar-refractivity contribution >= 4 is 8.07 Å². The maximum atomic E-state index is 8.47. The molecule has 0 aromatic heterocycles. The smallest absolute Gasteiger partial charge is 0.0838 e. The Bertz CT molecular complexity index is 341. The molecule has 3 heteroatoms. The number of aryl methyl sites for hydroxylation is 1. The number of hydrogen-bond donors (Lipinski definition) is 1. The van der Waals surface area contributed by atoms with Gasteiger partial charge in [-0.15, -0.1) is 0 Å². The van der Waals surface area contributed by atoms with Crippen LogP contribution in [0.25, 0.3) is 0 Å². The summed E-state index contributed by atoms with van der Waals surface area (Å²) >= 11 is 0. The molecule has 86 valence electrons. The lowest BCUT2D eigenvalue weighted by molar-refractivity contribution is 0.860. The molecule has 16 heavy (non-hydrogen) atoms. The minimum Gasteiger partial charge on any atom is -0.307 e. The largest absolute Gasteiger partial charge is 0.307 e. The van der Waals surface area contributed by atoms with E-state index in [-0.39, 0.29) is 0 Å². The van der Waals surface area contributed by atoms with E-state index < -0.39 is 8.07 Å². The molecule has 0 amide bonds. The van der Waals surface area contributed by atoms with Crippen LogP contribution in [0.3, 0.4) is 0 Å². The van der Waals surface area contributed by atoms with Crippen LogP contribution < -0.4 is 5.32 Å². The van der Waals surface area contributed by atoms with Gasteiger partial charge in [0.2, 0.25) is 0 Å². The molecule has 0 bridgehead atoms. The summed E-state index contributed by atoms with van der Waals surface area (Å²) in [5.74, 6) is 0. The lowest BCUT2D eigenvalue weighted by Gasteiger charge is -2.22. The summed E-state index contributed by atoms with van der Waals surface area (Å²) in [7, 11) is -1.19. The fourth-order valence-corrected chi connectivity index (χ4v) is 3.62. The van der Waals surface area contributed by atoms with Gasteiger partial charge in [-0.05, 0) is 18.2 Å². The maximum Gasteiger partial charge on any atom is 0.0838 e. The molecule has 0 saturated carbocycles. The van der Waals surface area contributed by atoms with E-state index in [0.29, 0.717) is 6.54 Å². The number of rotatable bonds is 6. The van der Waals surface area contributed by atoms with Crippen molar-refractivity contribution in [3.05, 3.63) is 35.9 Å². The highest BCUT2D eigenvalue weighted by Crippen LogP contribution is 2.13. The van der Waals surface area contributed by atoms with Gasteiger partial charge in [-0.25, -0.2) is 0 Å². The summed E-state index contributed by atoms with van der Waals surface area (Å²) in [4.78, 5) is 0. The molecule has 0 fully saturated rings. The van der Waals surface area contributed by atoms with Gasteiger partial charge >= 0.3 is 0 Å². The zero-order valence-electron chi connectivity index (χ0n) is 10.2. The van der Waals surface area contributed by atoms with E-state index in [4.69, 9.17) is 5.26 Å². The van der Waals surface area contributed by atoms with Crippen LogP contribution in [0.1, 0.15) is 5.56 Å². The van der Waals surface area contributed by atoms with Crippen LogP contribution >= 0.6 is 0 Å². The second kappa shape index (κ2) is 6.47. The third-order valence-electron chi connectivity index (χ3n) is 2.74. The van der Waals surface area contributed by atoms with Gasteiger partial charge in [-0.1, -0.05) is 49.5 Å². The van der Waals surface area contributed by atoms with Crippen molar-refractivity contribution < 1.29 is 0 Å². The number of hydrogen-bond acceptors (Lipinski definition) is 2. The fraction of sp³-hybridized carbons (Fsp3) is 0.462. The molecule has 0 atom stereocenters. The molecule has 1 rings (SSSR count). The third-order valence-corrected chi connectivity index (χ3v) is 5.55. The SMILES string of the molecule is C[Si](C)(CCc1ccccc1)CNCC#N. The Hall–Kier alpha value is -1.11. The van der Waals surface area contributed by atoms with Gasteiger partial charge in [0.15, 0.2) is 0 Å². The van der Waals surface area contributed by atoms with Crippen LogP contribution in [-0.2, 0) is 6.42 Å². The number of nitriles is 1. The van der Waals surface area contributed by atoms with Gasteiger partial charge in [-0.3, -0.25) is 0 Å². The van der Waals surface area contributed by atoms with Crippen molar-refractivity contribution in [2.45, 2.75) is 25.6 Å². The predicted molar refractivity (Wildman–Crippen MR) is 70.9 cm³/mol. The van der Waals surface area contributed by atoms with Crippen molar-refractivity contribution in [3.8, 4) is 6.07 Å². The van der Waals surface area contributed by atoms with Crippen molar-refractivity contribution in [2.24, 2.45) is 0 Å². The first-order valence-corrected chi connectivity index (χ1v) is 9.17. The fourth-order valence-electron chi connectivity index (χ4n) is 1.67. The van der Waals surface area contributed by atoms with E-state index in [1.54, 1.807) is 0 Å². The molecule has 0 radical (unpaired) electrons. The Balaban J connectivity index is 2.33.